The fraction of sp³-hybridized carbons (Fsp3) is 0.562. The van der Waals surface area contributed by atoms with Gasteiger partial charge in [-0.3, -0.25) is 4.79 Å². The van der Waals surface area contributed by atoms with E-state index in [9.17, 15) is 4.79 Å². The number of nitrogens with one attached hydrogen (secondary N) is 1. The molecule has 1 amide bonds. The highest BCUT2D eigenvalue weighted by atomic mass is 79.9. The van der Waals surface area contributed by atoms with Crippen molar-refractivity contribution in [1.29, 1.82) is 0 Å². The van der Waals surface area contributed by atoms with Crippen LogP contribution in [0.5, 0.6) is 5.75 Å². The number of carbonyl (C=O) groups excluding carboxylic acids is 1. The highest BCUT2D eigenvalue weighted by Crippen LogP contribution is 2.28. The van der Waals surface area contributed by atoms with Crippen LogP contribution >= 0.6 is 15.9 Å². The molecule has 0 aliphatic rings. The Balaban J connectivity index is 2.79. The van der Waals surface area contributed by atoms with Crippen molar-refractivity contribution in [3.05, 3.63) is 28.2 Å². The average Bonchev–Trinajstić information content (AvgIpc) is 2.49. The second-order valence-electron chi connectivity index (χ2n) is 5.05. The van der Waals surface area contributed by atoms with Crippen LogP contribution in [0.1, 0.15) is 38.8 Å². The van der Waals surface area contributed by atoms with Gasteiger partial charge in [-0.2, -0.15) is 0 Å². The lowest BCUT2D eigenvalue weighted by Gasteiger charge is -2.20. The van der Waals surface area contributed by atoms with Crippen molar-refractivity contribution in [2.75, 3.05) is 26.7 Å². The summed E-state index contributed by atoms with van der Waals surface area (Å²) in [5, 5.41) is 3.44. The van der Waals surface area contributed by atoms with Crippen molar-refractivity contribution >= 4 is 21.8 Å². The Labute approximate surface area is 136 Å². The summed E-state index contributed by atoms with van der Waals surface area (Å²) in [5.74, 6) is 0.732. The number of carbonyl (C=O) groups is 1. The van der Waals surface area contributed by atoms with Crippen LogP contribution in [-0.4, -0.2) is 37.6 Å². The summed E-state index contributed by atoms with van der Waals surface area (Å²) in [6.45, 7) is 7.88. The lowest BCUT2D eigenvalue weighted by atomic mass is 10.1. The summed E-state index contributed by atoms with van der Waals surface area (Å²) < 4.78 is 6.69. The highest BCUT2D eigenvalue weighted by Gasteiger charge is 2.14. The van der Waals surface area contributed by atoms with Gasteiger partial charge in [0.15, 0.2) is 6.61 Å². The fourth-order valence-electron chi connectivity index (χ4n) is 1.89. The average molecular weight is 357 g/mol. The fourth-order valence-corrected chi connectivity index (χ4v) is 2.23. The molecular weight excluding hydrogens is 332 g/mol. The molecule has 1 atom stereocenters. The number of benzene rings is 1. The number of ether oxygens (including phenoxy) is 1. The molecular formula is C16H25BrN2O2. The van der Waals surface area contributed by atoms with E-state index in [0.717, 1.165) is 28.8 Å². The number of likely N-dealkylation sites (N-methyl/N-ethyl adjacent to an activating group) is 1. The third-order valence-electron chi connectivity index (χ3n) is 3.39. The van der Waals surface area contributed by atoms with E-state index in [-0.39, 0.29) is 18.6 Å². The van der Waals surface area contributed by atoms with Gasteiger partial charge in [-0.25, -0.2) is 0 Å². The zero-order valence-corrected chi connectivity index (χ0v) is 14.9. The van der Waals surface area contributed by atoms with Gasteiger partial charge in [-0.15, -0.1) is 0 Å². The molecule has 4 nitrogen and oxygen atoms in total. The molecule has 0 radical (unpaired) electrons. The predicted molar refractivity (Wildman–Crippen MR) is 89.7 cm³/mol. The molecule has 0 heterocycles. The first-order valence-corrected chi connectivity index (χ1v) is 8.18. The van der Waals surface area contributed by atoms with Crippen LogP contribution in [0.25, 0.3) is 0 Å². The number of amides is 1. The number of hydrogen-bond donors (Lipinski definition) is 1. The summed E-state index contributed by atoms with van der Waals surface area (Å²) >= 11 is 3.45. The molecule has 1 unspecified atom stereocenters. The van der Waals surface area contributed by atoms with Crippen LogP contribution in [-0.2, 0) is 4.79 Å². The van der Waals surface area contributed by atoms with E-state index in [1.807, 2.05) is 25.1 Å². The number of halogens is 1. The Morgan fingerprint density at radius 3 is 2.76 bits per heavy atom. The SMILES string of the molecule is CCCNC(C)c1ccc(Br)cc1OCC(=O)N(C)CC. The summed E-state index contributed by atoms with van der Waals surface area (Å²) in [4.78, 5) is 13.5. The summed E-state index contributed by atoms with van der Waals surface area (Å²) in [6.07, 6.45) is 1.08. The second kappa shape index (κ2) is 9.05. The van der Waals surface area contributed by atoms with Gasteiger partial charge in [-0.05, 0) is 38.9 Å². The maximum absolute atomic E-state index is 11.9. The molecule has 0 spiro atoms. The van der Waals surface area contributed by atoms with E-state index < -0.39 is 0 Å². The first kappa shape index (κ1) is 18.0. The normalized spacial score (nSPS) is 12.0. The maximum Gasteiger partial charge on any atom is 0.260 e. The minimum atomic E-state index is -0.0161. The van der Waals surface area contributed by atoms with Crippen LogP contribution < -0.4 is 10.1 Å². The van der Waals surface area contributed by atoms with Crippen molar-refractivity contribution in [2.45, 2.75) is 33.2 Å². The van der Waals surface area contributed by atoms with E-state index in [2.05, 4.69) is 35.1 Å². The molecule has 0 aliphatic heterocycles. The molecule has 0 bridgehead atoms. The Hall–Kier alpha value is -1.07. The van der Waals surface area contributed by atoms with Gasteiger partial charge in [-0.1, -0.05) is 28.9 Å². The van der Waals surface area contributed by atoms with Crippen molar-refractivity contribution in [2.24, 2.45) is 0 Å². The van der Waals surface area contributed by atoms with Crippen LogP contribution in [0.3, 0.4) is 0 Å². The third kappa shape index (κ3) is 5.67. The molecule has 0 saturated carbocycles. The molecule has 1 N–H and O–H groups in total. The van der Waals surface area contributed by atoms with Crippen molar-refractivity contribution < 1.29 is 9.53 Å². The first-order valence-electron chi connectivity index (χ1n) is 7.39. The molecule has 0 saturated heterocycles. The molecule has 1 rings (SSSR count). The Morgan fingerprint density at radius 1 is 1.43 bits per heavy atom. The van der Waals surface area contributed by atoms with Crippen LogP contribution in [0, 0.1) is 0 Å². The van der Waals surface area contributed by atoms with E-state index in [0.29, 0.717) is 6.54 Å². The molecule has 21 heavy (non-hydrogen) atoms. The smallest absolute Gasteiger partial charge is 0.260 e. The van der Waals surface area contributed by atoms with E-state index in [1.54, 1.807) is 11.9 Å². The Bertz CT molecular complexity index is 466. The summed E-state index contributed by atoms with van der Waals surface area (Å²) in [7, 11) is 1.78. The van der Waals surface area contributed by atoms with Gasteiger partial charge in [0, 0.05) is 29.7 Å². The maximum atomic E-state index is 11.9. The van der Waals surface area contributed by atoms with Crippen molar-refractivity contribution in [1.82, 2.24) is 10.2 Å². The van der Waals surface area contributed by atoms with Crippen molar-refractivity contribution in [3.63, 3.8) is 0 Å². The zero-order valence-electron chi connectivity index (χ0n) is 13.3. The summed E-state index contributed by atoms with van der Waals surface area (Å²) in [5.41, 5.74) is 1.07. The molecule has 0 aliphatic carbocycles. The van der Waals surface area contributed by atoms with Gasteiger partial charge in [0.05, 0.1) is 0 Å². The van der Waals surface area contributed by atoms with Crippen molar-refractivity contribution in [3.8, 4) is 5.75 Å². The zero-order chi connectivity index (χ0) is 15.8. The van der Waals surface area contributed by atoms with Gasteiger partial charge in [0.1, 0.15) is 5.75 Å². The van der Waals surface area contributed by atoms with E-state index in [4.69, 9.17) is 4.74 Å². The van der Waals surface area contributed by atoms with E-state index >= 15 is 0 Å². The molecule has 0 fully saturated rings. The largest absolute Gasteiger partial charge is 0.483 e. The van der Waals surface area contributed by atoms with Gasteiger partial charge in [0.25, 0.3) is 5.91 Å². The van der Waals surface area contributed by atoms with Gasteiger partial charge < -0.3 is 15.0 Å². The monoisotopic (exact) mass is 356 g/mol. The lowest BCUT2D eigenvalue weighted by Crippen LogP contribution is -2.31. The number of rotatable bonds is 8. The molecule has 5 heteroatoms. The van der Waals surface area contributed by atoms with Crippen LogP contribution in [0.4, 0.5) is 0 Å². The summed E-state index contributed by atoms with van der Waals surface area (Å²) in [6, 6.07) is 6.12. The van der Waals surface area contributed by atoms with Gasteiger partial charge >= 0.3 is 0 Å². The second-order valence-corrected chi connectivity index (χ2v) is 5.97. The minimum Gasteiger partial charge on any atom is -0.483 e. The topological polar surface area (TPSA) is 41.6 Å². The Kier molecular flexibility index (Phi) is 7.75. The molecule has 1 aromatic carbocycles. The first-order chi connectivity index (χ1) is 9.99. The van der Waals surface area contributed by atoms with E-state index in [1.165, 1.54) is 0 Å². The third-order valence-corrected chi connectivity index (χ3v) is 3.89. The minimum absolute atomic E-state index is 0.0161. The quantitative estimate of drug-likeness (QED) is 0.776. The Morgan fingerprint density at radius 2 is 2.14 bits per heavy atom. The number of hydrogen-bond acceptors (Lipinski definition) is 3. The highest BCUT2D eigenvalue weighted by molar-refractivity contribution is 9.10. The lowest BCUT2D eigenvalue weighted by molar-refractivity contribution is -0.131. The molecule has 1 aromatic rings. The van der Waals surface area contributed by atoms with Crippen LogP contribution in [0.15, 0.2) is 22.7 Å². The predicted octanol–water partition coefficient (Wildman–Crippen LogP) is 3.37. The van der Waals surface area contributed by atoms with Crippen LogP contribution in [0.2, 0.25) is 0 Å². The standard InChI is InChI=1S/C16H25BrN2O2/c1-5-9-18-12(3)14-8-7-13(17)10-15(14)21-11-16(20)19(4)6-2/h7-8,10,12,18H,5-6,9,11H2,1-4H3. The molecule has 118 valence electrons. The number of nitrogens with zero attached hydrogens (tertiary/aromatic N) is 1. The van der Waals surface area contributed by atoms with Gasteiger partial charge in [0.2, 0.25) is 0 Å². The molecule has 0 aromatic heterocycles.